The smallest absolute Gasteiger partial charge is 0.244 e. The minimum atomic E-state index is -3.76. The van der Waals surface area contributed by atoms with Gasteiger partial charge in [-0.05, 0) is 47.0 Å². The van der Waals surface area contributed by atoms with Crippen LogP contribution in [0.5, 0.6) is 0 Å². The zero-order chi connectivity index (χ0) is 14.9. The summed E-state index contributed by atoms with van der Waals surface area (Å²) in [5.74, 6) is -0.504. The van der Waals surface area contributed by atoms with Crippen LogP contribution in [-0.2, 0) is 10.0 Å². The highest BCUT2D eigenvalue weighted by Crippen LogP contribution is 2.30. The first-order valence-corrected chi connectivity index (χ1v) is 8.68. The lowest BCUT2D eigenvalue weighted by atomic mass is 9.93. The van der Waals surface area contributed by atoms with Crippen LogP contribution in [0.4, 0.5) is 4.39 Å². The van der Waals surface area contributed by atoms with Gasteiger partial charge in [0, 0.05) is 11.5 Å². The largest absolute Gasteiger partial charge is 0.391 e. The average molecular weight is 366 g/mol. The predicted molar refractivity (Wildman–Crippen MR) is 77.3 cm³/mol. The molecule has 1 aliphatic carbocycles. The van der Waals surface area contributed by atoms with Crippen molar-refractivity contribution < 1.29 is 17.9 Å². The standard InChI is InChI=1S/C13H17BrFNO3S/c1-16(11-4-2-3-5-12(11)17)20(18,19)13-7-6-9(15)8-10(13)14/h6-8,11-12,17H,2-5H2,1H3. The Bertz CT molecular complexity index is 593. The highest BCUT2D eigenvalue weighted by Gasteiger charge is 2.35. The Morgan fingerprint density at radius 2 is 2.00 bits per heavy atom. The van der Waals surface area contributed by atoms with Gasteiger partial charge >= 0.3 is 0 Å². The highest BCUT2D eigenvalue weighted by molar-refractivity contribution is 9.10. The molecule has 20 heavy (non-hydrogen) atoms. The van der Waals surface area contributed by atoms with Crippen molar-refractivity contribution in [2.24, 2.45) is 0 Å². The number of hydrogen-bond acceptors (Lipinski definition) is 3. The molecule has 7 heteroatoms. The van der Waals surface area contributed by atoms with Crippen molar-refractivity contribution >= 4 is 26.0 Å². The average Bonchev–Trinajstić information content (AvgIpc) is 2.38. The molecule has 0 heterocycles. The van der Waals surface area contributed by atoms with Crippen LogP contribution in [0.3, 0.4) is 0 Å². The Morgan fingerprint density at radius 3 is 2.60 bits per heavy atom. The van der Waals surface area contributed by atoms with Crippen molar-refractivity contribution in [3.8, 4) is 0 Å². The van der Waals surface area contributed by atoms with Crippen LogP contribution < -0.4 is 0 Å². The van der Waals surface area contributed by atoms with E-state index in [1.165, 1.54) is 17.4 Å². The summed E-state index contributed by atoms with van der Waals surface area (Å²) in [6, 6.07) is 3.05. The maximum absolute atomic E-state index is 13.1. The van der Waals surface area contributed by atoms with E-state index in [4.69, 9.17) is 0 Å². The lowest BCUT2D eigenvalue weighted by molar-refractivity contribution is 0.0638. The third-order valence-corrected chi connectivity index (χ3v) is 6.57. The molecule has 1 fully saturated rings. The molecule has 0 amide bonds. The first-order chi connectivity index (χ1) is 9.34. The molecule has 4 nitrogen and oxygen atoms in total. The number of aliphatic hydroxyl groups excluding tert-OH is 1. The summed E-state index contributed by atoms with van der Waals surface area (Å²) in [4.78, 5) is 0.0131. The van der Waals surface area contributed by atoms with Crippen molar-refractivity contribution in [3.05, 3.63) is 28.5 Å². The summed E-state index contributed by atoms with van der Waals surface area (Å²) in [5.41, 5.74) is 0. The number of sulfonamides is 1. The number of halogens is 2. The Labute approximate surface area is 126 Å². The van der Waals surface area contributed by atoms with Crippen molar-refractivity contribution in [3.63, 3.8) is 0 Å². The van der Waals surface area contributed by atoms with Crippen LogP contribution in [0, 0.1) is 5.82 Å². The molecule has 1 saturated carbocycles. The van der Waals surface area contributed by atoms with Crippen LogP contribution in [0.25, 0.3) is 0 Å². The van der Waals surface area contributed by atoms with Crippen molar-refractivity contribution in [2.75, 3.05) is 7.05 Å². The predicted octanol–water partition coefficient (Wildman–Crippen LogP) is 2.51. The van der Waals surface area contributed by atoms with Gasteiger partial charge in [0.2, 0.25) is 10.0 Å². The maximum Gasteiger partial charge on any atom is 0.244 e. The van der Waals surface area contributed by atoms with E-state index < -0.39 is 28.0 Å². The van der Waals surface area contributed by atoms with Gasteiger partial charge in [-0.15, -0.1) is 0 Å². The van der Waals surface area contributed by atoms with E-state index in [0.717, 1.165) is 25.0 Å². The van der Waals surface area contributed by atoms with Crippen molar-refractivity contribution in [1.29, 1.82) is 0 Å². The van der Waals surface area contributed by atoms with Gasteiger partial charge in [0.25, 0.3) is 0 Å². The third kappa shape index (κ3) is 3.05. The van der Waals surface area contributed by atoms with E-state index in [-0.39, 0.29) is 9.37 Å². The van der Waals surface area contributed by atoms with Gasteiger partial charge in [0.05, 0.1) is 17.0 Å². The molecule has 0 bridgehead atoms. The molecule has 0 spiro atoms. The Kier molecular flexibility index (Phi) is 4.84. The molecule has 1 aromatic rings. The van der Waals surface area contributed by atoms with E-state index in [9.17, 15) is 17.9 Å². The van der Waals surface area contributed by atoms with Gasteiger partial charge in [0.15, 0.2) is 0 Å². The van der Waals surface area contributed by atoms with E-state index in [2.05, 4.69) is 15.9 Å². The number of rotatable bonds is 3. The highest BCUT2D eigenvalue weighted by atomic mass is 79.9. The normalized spacial score (nSPS) is 24.1. The molecule has 1 aromatic carbocycles. The molecule has 1 aliphatic rings. The molecule has 0 radical (unpaired) electrons. The number of hydrogen-bond donors (Lipinski definition) is 1. The molecule has 1 N–H and O–H groups in total. The Morgan fingerprint density at radius 1 is 1.35 bits per heavy atom. The second-order valence-electron chi connectivity index (χ2n) is 5.02. The van der Waals surface area contributed by atoms with Crippen molar-refractivity contribution in [2.45, 2.75) is 42.7 Å². The molecule has 2 atom stereocenters. The van der Waals surface area contributed by atoms with E-state index in [1.807, 2.05) is 0 Å². The zero-order valence-corrected chi connectivity index (χ0v) is 13.5. The summed E-state index contributed by atoms with van der Waals surface area (Å²) in [6.45, 7) is 0. The van der Waals surface area contributed by atoms with E-state index in [0.29, 0.717) is 12.8 Å². The quantitative estimate of drug-likeness (QED) is 0.895. The molecule has 112 valence electrons. The fourth-order valence-electron chi connectivity index (χ4n) is 2.53. The van der Waals surface area contributed by atoms with Gasteiger partial charge in [-0.3, -0.25) is 0 Å². The maximum atomic E-state index is 13.1. The molecule has 2 rings (SSSR count). The first-order valence-electron chi connectivity index (χ1n) is 6.45. The van der Waals surface area contributed by atoms with Gasteiger partial charge in [-0.2, -0.15) is 4.31 Å². The van der Waals surface area contributed by atoms with Crippen LogP contribution in [0.15, 0.2) is 27.6 Å². The van der Waals surface area contributed by atoms with Crippen molar-refractivity contribution in [1.82, 2.24) is 4.31 Å². The zero-order valence-electron chi connectivity index (χ0n) is 11.1. The number of benzene rings is 1. The fraction of sp³-hybridized carbons (Fsp3) is 0.538. The molecule has 0 aromatic heterocycles. The molecular formula is C13H17BrFNO3S. The minimum absolute atomic E-state index is 0.0131. The third-order valence-electron chi connectivity index (χ3n) is 3.71. The Hall–Kier alpha value is -0.500. The topological polar surface area (TPSA) is 57.6 Å². The van der Waals surface area contributed by atoms with Crippen LogP contribution >= 0.6 is 15.9 Å². The summed E-state index contributed by atoms with van der Waals surface area (Å²) >= 11 is 3.08. The van der Waals surface area contributed by atoms with Gasteiger partial charge in [0.1, 0.15) is 5.82 Å². The summed E-state index contributed by atoms with van der Waals surface area (Å²) < 4.78 is 39.6. The van der Waals surface area contributed by atoms with Gasteiger partial charge in [-0.1, -0.05) is 12.8 Å². The second kappa shape index (κ2) is 6.09. The first kappa shape index (κ1) is 15.9. The lowest BCUT2D eigenvalue weighted by Gasteiger charge is -2.34. The van der Waals surface area contributed by atoms with Crippen LogP contribution in [-0.4, -0.2) is 37.0 Å². The fourth-order valence-corrected chi connectivity index (χ4v) is 4.96. The molecule has 0 saturated heterocycles. The lowest BCUT2D eigenvalue weighted by Crippen LogP contribution is -2.46. The van der Waals surface area contributed by atoms with Gasteiger partial charge in [-0.25, -0.2) is 12.8 Å². The number of aliphatic hydroxyl groups is 1. The number of nitrogens with zero attached hydrogens (tertiary/aromatic N) is 1. The monoisotopic (exact) mass is 365 g/mol. The minimum Gasteiger partial charge on any atom is -0.391 e. The van der Waals surface area contributed by atoms with Crippen LogP contribution in [0.1, 0.15) is 25.7 Å². The molecule has 0 aliphatic heterocycles. The summed E-state index contributed by atoms with van der Waals surface area (Å²) in [5, 5.41) is 9.99. The van der Waals surface area contributed by atoms with E-state index in [1.54, 1.807) is 0 Å². The molecule has 2 unspecified atom stereocenters. The van der Waals surface area contributed by atoms with Crippen LogP contribution in [0.2, 0.25) is 0 Å². The molecular weight excluding hydrogens is 349 g/mol. The Balaban J connectivity index is 2.33. The second-order valence-corrected chi connectivity index (χ2v) is 7.84. The SMILES string of the molecule is CN(C1CCCCC1O)S(=O)(=O)c1ccc(F)cc1Br. The summed E-state index contributed by atoms with van der Waals surface area (Å²) in [7, 11) is -2.30. The summed E-state index contributed by atoms with van der Waals surface area (Å²) in [6.07, 6.45) is 2.39. The number of likely N-dealkylation sites (N-methyl/N-ethyl adjacent to an activating group) is 1. The van der Waals surface area contributed by atoms with E-state index >= 15 is 0 Å². The van der Waals surface area contributed by atoms with Gasteiger partial charge < -0.3 is 5.11 Å².